The van der Waals surface area contributed by atoms with E-state index in [2.05, 4.69) is 22.5 Å². The summed E-state index contributed by atoms with van der Waals surface area (Å²) in [5, 5.41) is 8.82. The summed E-state index contributed by atoms with van der Waals surface area (Å²) in [6.45, 7) is 3.23. The molecule has 0 radical (unpaired) electrons. The van der Waals surface area contributed by atoms with Gasteiger partial charge in [0, 0.05) is 13.2 Å². The number of benzene rings is 1. The van der Waals surface area contributed by atoms with Gasteiger partial charge in [-0.3, -0.25) is 0 Å². The van der Waals surface area contributed by atoms with Crippen molar-refractivity contribution in [1.29, 1.82) is 0 Å². The summed E-state index contributed by atoms with van der Waals surface area (Å²) in [6.07, 6.45) is 2.56. The van der Waals surface area contributed by atoms with E-state index in [9.17, 15) is 0 Å². The normalized spacial score (nSPS) is 11.0. The van der Waals surface area contributed by atoms with Crippen molar-refractivity contribution >= 4 is 11.0 Å². The van der Waals surface area contributed by atoms with Gasteiger partial charge in [0.15, 0.2) is 0 Å². The maximum absolute atomic E-state index is 8.82. The first-order valence-corrected chi connectivity index (χ1v) is 4.89. The summed E-state index contributed by atoms with van der Waals surface area (Å²) in [4.78, 5) is 4.31. The number of aliphatic hydroxyl groups excluding tert-OH is 1. The highest BCUT2D eigenvalue weighted by Crippen LogP contribution is 2.14. The van der Waals surface area contributed by atoms with Gasteiger partial charge >= 0.3 is 0 Å². The van der Waals surface area contributed by atoms with Gasteiger partial charge in [0.05, 0.1) is 17.4 Å². The van der Waals surface area contributed by atoms with Crippen LogP contribution in [0.2, 0.25) is 0 Å². The van der Waals surface area contributed by atoms with Crippen molar-refractivity contribution in [3.05, 3.63) is 30.1 Å². The van der Waals surface area contributed by atoms with Crippen LogP contribution in [-0.2, 0) is 13.0 Å². The summed E-state index contributed by atoms with van der Waals surface area (Å²) in [5.74, 6) is 0. The minimum atomic E-state index is 0.194. The van der Waals surface area contributed by atoms with E-state index in [0.717, 1.165) is 23.1 Å². The number of aryl methyl sites for hydroxylation is 1. The Kier molecular flexibility index (Phi) is 2.50. The molecule has 2 aromatic rings. The number of rotatable bonds is 3. The minimum Gasteiger partial charge on any atom is -0.396 e. The third kappa shape index (κ3) is 1.51. The van der Waals surface area contributed by atoms with Crippen LogP contribution < -0.4 is 0 Å². The second-order valence-electron chi connectivity index (χ2n) is 3.33. The van der Waals surface area contributed by atoms with Crippen LogP contribution >= 0.6 is 0 Å². The predicted octanol–water partition coefficient (Wildman–Crippen LogP) is 1.59. The number of nitrogens with zero attached hydrogens (tertiary/aromatic N) is 2. The third-order valence-corrected chi connectivity index (χ3v) is 2.43. The Morgan fingerprint density at radius 1 is 1.43 bits per heavy atom. The van der Waals surface area contributed by atoms with Crippen LogP contribution in [0.15, 0.2) is 24.5 Å². The van der Waals surface area contributed by atoms with Gasteiger partial charge in [-0.1, -0.05) is 6.07 Å². The zero-order valence-corrected chi connectivity index (χ0v) is 8.27. The van der Waals surface area contributed by atoms with Gasteiger partial charge in [-0.2, -0.15) is 0 Å². The van der Waals surface area contributed by atoms with Crippen LogP contribution in [0.4, 0.5) is 0 Å². The Morgan fingerprint density at radius 3 is 3.00 bits per heavy atom. The first kappa shape index (κ1) is 9.21. The van der Waals surface area contributed by atoms with E-state index in [1.165, 1.54) is 0 Å². The average molecular weight is 190 g/mol. The Labute approximate surface area is 83.0 Å². The van der Waals surface area contributed by atoms with Gasteiger partial charge in [-0.05, 0) is 31.0 Å². The topological polar surface area (TPSA) is 38.0 Å². The fourth-order valence-electron chi connectivity index (χ4n) is 1.65. The molecule has 0 saturated carbocycles. The fourth-order valence-corrected chi connectivity index (χ4v) is 1.65. The molecule has 0 spiro atoms. The molecule has 1 aromatic heterocycles. The molecule has 3 nitrogen and oxygen atoms in total. The van der Waals surface area contributed by atoms with Gasteiger partial charge in [0.25, 0.3) is 0 Å². The van der Waals surface area contributed by atoms with Crippen molar-refractivity contribution in [2.24, 2.45) is 0 Å². The Bertz CT molecular complexity index is 434. The highest BCUT2D eigenvalue weighted by Gasteiger charge is 2.01. The van der Waals surface area contributed by atoms with Crippen molar-refractivity contribution < 1.29 is 5.11 Å². The smallest absolute Gasteiger partial charge is 0.0958 e. The summed E-state index contributed by atoms with van der Waals surface area (Å²) in [6, 6.07) is 6.15. The molecule has 1 N–H and O–H groups in total. The van der Waals surface area contributed by atoms with Crippen LogP contribution in [0.1, 0.15) is 12.5 Å². The van der Waals surface area contributed by atoms with E-state index in [1.54, 1.807) is 0 Å². The zero-order valence-electron chi connectivity index (χ0n) is 8.27. The lowest BCUT2D eigenvalue weighted by Gasteiger charge is -2.00. The Morgan fingerprint density at radius 2 is 2.29 bits per heavy atom. The van der Waals surface area contributed by atoms with Gasteiger partial charge in [0.2, 0.25) is 0 Å². The van der Waals surface area contributed by atoms with Crippen LogP contribution in [0.25, 0.3) is 11.0 Å². The first-order chi connectivity index (χ1) is 6.85. The maximum Gasteiger partial charge on any atom is 0.0958 e. The van der Waals surface area contributed by atoms with E-state index in [0.29, 0.717) is 6.42 Å². The van der Waals surface area contributed by atoms with E-state index < -0.39 is 0 Å². The number of aromatic nitrogens is 2. The van der Waals surface area contributed by atoms with E-state index >= 15 is 0 Å². The molecule has 0 aliphatic heterocycles. The van der Waals surface area contributed by atoms with Crippen molar-refractivity contribution in [3.63, 3.8) is 0 Å². The standard InChI is InChI=1S/C11H14N2O/c1-2-13-8-12-10-7-9(5-6-14)3-4-11(10)13/h3-4,7-8,14H,2,5-6H2,1H3. The highest BCUT2D eigenvalue weighted by molar-refractivity contribution is 5.76. The predicted molar refractivity (Wildman–Crippen MR) is 56.2 cm³/mol. The molecule has 0 fully saturated rings. The molecule has 1 aromatic carbocycles. The summed E-state index contributed by atoms with van der Waals surface area (Å²) in [7, 11) is 0. The largest absolute Gasteiger partial charge is 0.396 e. The molecule has 0 unspecified atom stereocenters. The lowest BCUT2D eigenvalue weighted by Crippen LogP contribution is -1.92. The quantitative estimate of drug-likeness (QED) is 0.798. The van der Waals surface area contributed by atoms with Gasteiger partial charge in [-0.15, -0.1) is 0 Å². The second-order valence-corrected chi connectivity index (χ2v) is 3.33. The van der Waals surface area contributed by atoms with E-state index in [-0.39, 0.29) is 6.61 Å². The maximum atomic E-state index is 8.82. The molecule has 1 heterocycles. The van der Waals surface area contributed by atoms with Gasteiger partial charge in [-0.25, -0.2) is 4.98 Å². The molecule has 2 rings (SSSR count). The molecule has 0 saturated heterocycles. The third-order valence-electron chi connectivity index (χ3n) is 2.43. The second kappa shape index (κ2) is 3.80. The lowest BCUT2D eigenvalue weighted by atomic mass is 10.1. The van der Waals surface area contributed by atoms with Crippen LogP contribution in [0, 0.1) is 0 Å². The molecule has 14 heavy (non-hydrogen) atoms. The summed E-state index contributed by atoms with van der Waals surface area (Å²) >= 11 is 0. The van der Waals surface area contributed by atoms with Crippen LogP contribution in [-0.4, -0.2) is 21.3 Å². The molecule has 74 valence electrons. The lowest BCUT2D eigenvalue weighted by molar-refractivity contribution is 0.299. The van der Waals surface area contributed by atoms with Crippen molar-refractivity contribution in [3.8, 4) is 0 Å². The molecule has 0 amide bonds. The molecule has 0 bridgehead atoms. The van der Waals surface area contributed by atoms with Crippen LogP contribution in [0.5, 0.6) is 0 Å². The molecular formula is C11H14N2O. The highest BCUT2D eigenvalue weighted by atomic mass is 16.2. The zero-order chi connectivity index (χ0) is 9.97. The van der Waals surface area contributed by atoms with E-state index in [4.69, 9.17) is 5.11 Å². The Balaban J connectivity index is 2.46. The number of hydrogen-bond acceptors (Lipinski definition) is 2. The van der Waals surface area contributed by atoms with Crippen LogP contribution in [0.3, 0.4) is 0 Å². The molecule has 0 atom stereocenters. The van der Waals surface area contributed by atoms with Gasteiger partial charge < -0.3 is 9.67 Å². The molecule has 0 aliphatic rings. The Hall–Kier alpha value is -1.35. The first-order valence-electron chi connectivity index (χ1n) is 4.89. The van der Waals surface area contributed by atoms with E-state index in [1.807, 2.05) is 18.5 Å². The summed E-state index contributed by atoms with van der Waals surface area (Å²) < 4.78 is 2.11. The number of fused-ring (bicyclic) bond motifs is 1. The molecular weight excluding hydrogens is 176 g/mol. The van der Waals surface area contributed by atoms with Crippen molar-refractivity contribution in [1.82, 2.24) is 9.55 Å². The SMILES string of the molecule is CCn1cnc2cc(CCO)ccc21. The average Bonchev–Trinajstić information content (AvgIpc) is 2.60. The minimum absolute atomic E-state index is 0.194. The summed E-state index contributed by atoms with van der Waals surface area (Å²) in [5.41, 5.74) is 3.31. The number of hydrogen-bond donors (Lipinski definition) is 1. The number of aliphatic hydroxyl groups is 1. The van der Waals surface area contributed by atoms with Crippen molar-refractivity contribution in [2.75, 3.05) is 6.61 Å². The molecule has 3 heteroatoms. The molecule has 0 aliphatic carbocycles. The fraction of sp³-hybridized carbons (Fsp3) is 0.364. The van der Waals surface area contributed by atoms with Crippen molar-refractivity contribution in [2.45, 2.75) is 19.9 Å². The number of imidazole rings is 1. The van der Waals surface area contributed by atoms with Gasteiger partial charge in [0.1, 0.15) is 0 Å². The monoisotopic (exact) mass is 190 g/mol.